The van der Waals surface area contributed by atoms with E-state index in [2.05, 4.69) is 5.73 Å². The fourth-order valence-electron chi connectivity index (χ4n) is 1.48. The Morgan fingerprint density at radius 1 is 1.29 bits per heavy atom. The Bertz CT molecular complexity index is 536. The van der Waals surface area contributed by atoms with Crippen molar-refractivity contribution in [2.45, 2.75) is 32.9 Å². The van der Waals surface area contributed by atoms with Crippen molar-refractivity contribution in [3.63, 3.8) is 0 Å². The SMILES string of the molecule is CCCC(=O)OCC(C)=C=Cc1ccc(C(F)(F)F)cc1. The molecule has 0 aliphatic carbocycles. The number of esters is 1. The maximum Gasteiger partial charge on any atom is 0.416 e. The van der Waals surface area contributed by atoms with E-state index in [0.717, 1.165) is 18.6 Å². The van der Waals surface area contributed by atoms with Crippen molar-refractivity contribution in [2.24, 2.45) is 0 Å². The molecule has 1 aromatic carbocycles. The van der Waals surface area contributed by atoms with Crippen LogP contribution in [0.4, 0.5) is 13.2 Å². The summed E-state index contributed by atoms with van der Waals surface area (Å²) >= 11 is 0. The van der Waals surface area contributed by atoms with E-state index >= 15 is 0 Å². The number of ether oxygens (including phenoxy) is 1. The Morgan fingerprint density at radius 3 is 2.43 bits per heavy atom. The number of halogens is 3. The quantitative estimate of drug-likeness (QED) is 0.586. The van der Waals surface area contributed by atoms with Gasteiger partial charge in [-0.1, -0.05) is 19.1 Å². The summed E-state index contributed by atoms with van der Waals surface area (Å²) in [5, 5.41) is 0. The molecule has 0 spiro atoms. The summed E-state index contributed by atoms with van der Waals surface area (Å²) in [6.45, 7) is 3.75. The number of hydrogen-bond donors (Lipinski definition) is 0. The molecular weight excluding hydrogens is 281 g/mol. The topological polar surface area (TPSA) is 26.3 Å². The highest BCUT2D eigenvalue weighted by Crippen LogP contribution is 2.29. The van der Waals surface area contributed by atoms with E-state index in [9.17, 15) is 18.0 Å². The molecule has 1 aromatic rings. The second-order valence-electron chi connectivity index (χ2n) is 4.60. The van der Waals surface area contributed by atoms with Crippen molar-refractivity contribution in [3.8, 4) is 0 Å². The summed E-state index contributed by atoms with van der Waals surface area (Å²) in [5.74, 6) is -0.270. The molecule has 0 bridgehead atoms. The smallest absolute Gasteiger partial charge is 0.416 e. The summed E-state index contributed by atoms with van der Waals surface area (Å²) in [6, 6.07) is 4.77. The first-order chi connectivity index (χ1) is 9.82. The van der Waals surface area contributed by atoms with Crippen LogP contribution in [0.15, 0.2) is 35.6 Å². The molecule has 0 aromatic heterocycles. The van der Waals surface area contributed by atoms with Gasteiger partial charge in [-0.15, -0.1) is 5.73 Å². The zero-order chi connectivity index (χ0) is 15.9. The summed E-state index contributed by atoms with van der Waals surface area (Å²) in [5.41, 5.74) is 3.49. The van der Waals surface area contributed by atoms with Gasteiger partial charge in [0.15, 0.2) is 0 Å². The predicted molar refractivity (Wildman–Crippen MR) is 74.5 cm³/mol. The van der Waals surface area contributed by atoms with Crippen LogP contribution >= 0.6 is 0 Å². The fraction of sp³-hybridized carbons (Fsp3) is 0.375. The molecule has 0 aliphatic rings. The van der Waals surface area contributed by atoms with Crippen LogP contribution in [0.25, 0.3) is 6.08 Å². The zero-order valence-corrected chi connectivity index (χ0v) is 12.0. The molecule has 0 fully saturated rings. The first kappa shape index (κ1) is 17.1. The Labute approximate surface area is 121 Å². The lowest BCUT2D eigenvalue weighted by Gasteiger charge is -2.05. The molecule has 0 amide bonds. The lowest BCUT2D eigenvalue weighted by molar-refractivity contribution is -0.142. The van der Waals surface area contributed by atoms with Gasteiger partial charge < -0.3 is 4.74 Å². The number of rotatable bonds is 5. The summed E-state index contributed by atoms with van der Waals surface area (Å²) in [4.78, 5) is 11.2. The van der Waals surface area contributed by atoms with E-state index in [1.807, 2.05) is 6.92 Å². The Morgan fingerprint density at radius 2 is 1.90 bits per heavy atom. The highest BCUT2D eigenvalue weighted by molar-refractivity contribution is 5.69. The fourth-order valence-corrected chi connectivity index (χ4v) is 1.48. The second kappa shape index (κ2) is 7.70. The second-order valence-corrected chi connectivity index (χ2v) is 4.60. The average molecular weight is 298 g/mol. The van der Waals surface area contributed by atoms with Gasteiger partial charge >= 0.3 is 12.1 Å². The van der Waals surface area contributed by atoms with Gasteiger partial charge in [0.05, 0.1) is 5.56 Å². The lowest BCUT2D eigenvalue weighted by atomic mass is 10.1. The number of carbonyl (C=O) groups is 1. The van der Waals surface area contributed by atoms with Crippen LogP contribution < -0.4 is 0 Å². The van der Waals surface area contributed by atoms with Gasteiger partial charge in [0, 0.05) is 12.0 Å². The lowest BCUT2D eigenvalue weighted by Crippen LogP contribution is -2.05. The molecule has 0 saturated carbocycles. The Balaban J connectivity index is 2.66. The first-order valence-electron chi connectivity index (χ1n) is 6.58. The van der Waals surface area contributed by atoms with Crippen LogP contribution in [0, 0.1) is 0 Å². The summed E-state index contributed by atoms with van der Waals surface area (Å²) in [6.07, 6.45) is -1.68. The van der Waals surface area contributed by atoms with E-state index in [4.69, 9.17) is 4.74 Å². The van der Waals surface area contributed by atoms with Crippen molar-refractivity contribution in [1.29, 1.82) is 0 Å². The van der Waals surface area contributed by atoms with Crippen molar-refractivity contribution < 1.29 is 22.7 Å². The molecule has 21 heavy (non-hydrogen) atoms. The van der Waals surface area contributed by atoms with Gasteiger partial charge in [-0.3, -0.25) is 4.79 Å². The Hall–Kier alpha value is -2.00. The van der Waals surface area contributed by atoms with E-state index in [-0.39, 0.29) is 12.6 Å². The standard InChI is InChI=1S/C16H17F3O2/c1-3-4-15(20)21-11-12(2)5-6-13-7-9-14(10-8-13)16(17,18)19/h6-10H,3-4,11H2,1-2H3. The molecule has 2 nitrogen and oxygen atoms in total. The molecule has 0 N–H and O–H groups in total. The average Bonchev–Trinajstić information content (AvgIpc) is 2.43. The van der Waals surface area contributed by atoms with Gasteiger partial charge in [0.1, 0.15) is 6.61 Å². The molecule has 0 saturated heterocycles. The van der Waals surface area contributed by atoms with E-state index < -0.39 is 11.7 Å². The summed E-state index contributed by atoms with van der Waals surface area (Å²) in [7, 11) is 0. The van der Waals surface area contributed by atoms with Crippen LogP contribution in [0.3, 0.4) is 0 Å². The van der Waals surface area contributed by atoms with Crippen molar-refractivity contribution in [3.05, 3.63) is 46.7 Å². The monoisotopic (exact) mass is 298 g/mol. The minimum Gasteiger partial charge on any atom is -0.460 e. The number of hydrogen-bond acceptors (Lipinski definition) is 2. The van der Waals surface area contributed by atoms with Crippen LogP contribution in [0.2, 0.25) is 0 Å². The molecule has 0 aliphatic heterocycles. The van der Waals surface area contributed by atoms with Gasteiger partial charge in [0.25, 0.3) is 0 Å². The molecule has 0 heterocycles. The molecule has 0 atom stereocenters. The van der Waals surface area contributed by atoms with Crippen LogP contribution in [0.1, 0.15) is 37.8 Å². The third-order valence-electron chi connectivity index (χ3n) is 2.63. The minimum atomic E-state index is -4.33. The highest BCUT2D eigenvalue weighted by atomic mass is 19.4. The van der Waals surface area contributed by atoms with Gasteiger partial charge in [-0.25, -0.2) is 0 Å². The van der Waals surface area contributed by atoms with E-state index in [0.29, 0.717) is 17.6 Å². The highest BCUT2D eigenvalue weighted by Gasteiger charge is 2.29. The molecular formula is C16H17F3O2. The minimum absolute atomic E-state index is 0.135. The van der Waals surface area contributed by atoms with Crippen molar-refractivity contribution >= 4 is 12.0 Å². The number of carbonyl (C=O) groups excluding carboxylic acids is 1. The largest absolute Gasteiger partial charge is 0.460 e. The number of alkyl halides is 3. The van der Waals surface area contributed by atoms with Gasteiger partial charge in [-0.2, -0.15) is 13.2 Å². The third-order valence-corrected chi connectivity index (χ3v) is 2.63. The normalized spacial score (nSPS) is 10.7. The van der Waals surface area contributed by atoms with Gasteiger partial charge in [-0.05, 0) is 37.1 Å². The van der Waals surface area contributed by atoms with Crippen molar-refractivity contribution in [1.82, 2.24) is 0 Å². The molecule has 0 unspecified atom stereocenters. The van der Waals surface area contributed by atoms with Crippen LogP contribution in [-0.4, -0.2) is 12.6 Å². The Kier molecular flexibility index (Phi) is 6.25. The van der Waals surface area contributed by atoms with E-state index in [1.54, 1.807) is 13.0 Å². The maximum atomic E-state index is 12.4. The predicted octanol–water partition coefficient (Wildman–Crippen LogP) is 4.61. The van der Waals surface area contributed by atoms with Crippen molar-refractivity contribution in [2.75, 3.05) is 6.61 Å². The van der Waals surface area contributed by atoms with Gasteiger partial charge in [0.2, 0.25) is 0 Å². The summed E-state index contributed by atoms with van der Waals surface area (Å²) < 4.78 is 42.2. The van der Waals surface area contributed by atoms with Crippen LogP contribution in [-0.2, 0) is 15.7 Å². The molecule has 0 radical (unpaired) electrons. The molecule has 5 heteroatoms. The zero-order valence-electron chi connectivity index (χ0n) is 12.0. The maximum absolute atomic E-state index is 12.4. The first-order valence-corrected chi connectivity index (χ1v) is 6.58. The third kappa shape index (κ3) is 6.32. The van der Waals surface area contributed by atoms with Crippen LogP contribution in [0.5, 0.6) is 0 Å². The number of benzene rings is 1. The molecule has 114 valence electrons. The molecule has 1 rings (SSSR count). The van der Waals surface area contributed by atoms with E-state index in [1.165, 1.54) is 12.1 Å².